The van der Waals surface area contributed by atoms with E-state index >= 15 is 0 Å². The predicted molar refractivity (Wildman–Crippen MR) is 66.2 cm³/mol. The maximum absolute atomic E-state index is 6.21. The molecule has 0 radical (unpaired) electrons. The smallest absolute Gasteiger partial charge is 0.114 e. The Morgan fingerprint density at radius 3 is 2.79 bits per heavy atom. The molecule has 1 heterocycles. The number of hydrogen-bond acceptors (Lipinski definition) is 2. The Morgan fingerprint density at radius 1 is 1.43 bits per heavy atom. The van der Waals surface area contributed by atoms with E-state index in [0.29, 0.717) is 0 Å². The van der Waals surface area contributed by atoms with Gasteiger partial charge < -0.3 is 0 Å². The molecule has 0 amide bonds. The summed E-state index contributed by atoms with van der Waals surface area (Å²) >= 11 is 11.3. The summed E-state index contributed by atoms with van der Waals surface area (Å²) in [6.45, 7) is 3.92. The van der Waals surface area contributed by atoms with Crippen LogP contribution < -0.4 is 0 Å². The van der Waals surface area contributed by atoms with Crippen LogP contribution >= 0.6 is 38.9 Å². The first-order valence-corrected chi connectivity index (χ1v) is 6.21. The number of benzene rings is 1. The molecule has 2 aromatic rings. The lowest BCUT2D eigenvalue weighted by atomic mass is 10.2. The van der Waals surface area contributed by atoms with Gasteiger partial charge in [0.2, 0.25) is 0 Å². The Kier molecular flexibility index (Phi) is 2.58. The van der Waals surface area contributed by atoms with Gasteiger partial charge >= 0.3 is 0 Å². The van der Waals surface area contributed by atoms with E-state index in [4.69, 9.17) is 11.6 Å². The molecule has 14 heavy (non-hydrogen) atoms. The van der Waals surface area contributed by atoms with Crippen molar-refractivity contribution in [2.24, 2.45) is 0 Å². The zero-order valence-corrected chi connectivity index (χ0v) is 11.0. The van der Waals surface area contributed by atoms with Gasteiger partial charge in [0.15, 0.2) is 0 Å². The highest BCUT2D eigenvalue weighted by Crippen LogP contribution is 2.34. The van der Waals surface area contributed by atoms with E-state index in [1.165, 1.54) is 4.70 Å². The molecule has 74 valence electrons. The maximum atomic E-state index is 6.21. The third-order valence-corrected chi connectivity index (χ3v) is 4.00. The molecule has 0 N–H and O–H groups in total. The van der Waals surface area contributed by atoms with E-state index in [0.717, 1.165) is 15.0 Å². The molecule has 0 atom stereocenters. The highest BCUT2D eigenvalue weighted by molar-refractivity contribution is 9.10. The average molecular weight is 291 g/mol. The Morgan fingerprint density at radius 2 is 2.14 bits per heavy atom. The van der Waals surface area contributed by atoms with Crippen LogP contribution in [0.3, 0.4) is 0 Å². The summed E-state index contributed by atoms with van der Waals surface area (Å²) in [7, 11) is 0. The van der Waals surface area contributed by atoms with Crippen molar-refractivity contribution >= 4 is 49.1 Å². The van der Waals surface area contributed by atoms with Crippen LogP contribution in [0.25, 0.3) is 10.2 Å². The zero-order chi connectivity index (χ0) is 10.3. The summed E-state index contributed by atoms with van der Waals surface area (Å²) in [5.74, 6) is 0. The second kappa shape index (κ2) is 3.47. The van der Waals surface area contributed by atoms with Crippen molar-refractivity contribution in [2.45, 2.75) is 18.7 Å². The summed E-state index contributed by atoms with van der Waals surface area (Å²) in [6.07, 6.45) is 0. The van der Waals surface area contributed by atoms with Crippen molar-refractivity contribution in [3.63, 3.8) is 0 Å². The molecule has 0 saturated heterocycles. The molecule has 0 fully saturated rings. The van der Waals surface area contributed by atoms with Crippen molar-refractivity contribution < 1.29 is 0 Å². The van der Waals surface area contributed by atoms with Gasteiger partial charge in [0.05, 0.1) is 15.1 Å². The van der Waals surface area contributed by atoms with E-state index in [-0.39, 0.29) is 4.87 Å². The van der Waals surface area contributed by atoms with Crippen LogP contribution in [0.1, 0.15) is 18.9 Å². The molecule has 0 saturated carbocycles. The molecule has 0 aliphatic heterocycles. The van der Waals surface area contributed by atoms with Crippen molar-refractivity contribution in [3.05, 3.63) is 27.7 Å². The van der Waals surface area contributed by atoms with Crippen molar-refractivity contribution in [3.8, 4) is 0 Å². The zero-order valence-electron chi connectivity index (χ0n) is 7.84. The van der Waals surface area contributed by atoms with Gasteiger partial charge in [-0.05, 0) is 32.0 Å². The Hall–Kier alpha value is -0.120. The number of fused-ring (bicyclic) bond motifs is 1. The van der Waals surface area contributed by atoms with Gasteiger partial charge in [-0.3, -0.25) is 0 Å². The van der Waals surface area contributed by atoms with Gasteiger partial charge in [0.1, 0.15) is 5.01 Å². The van der Waals surface area contributed by atoms with Gasteiger partial charge in [-0.25, -0.2) is 4.98 Å². The fourth-order valence-corrected chi connectivity index (χ4v) is 2.60. The number of thiazole rings is 1. The van der Waals surface area contributed by atoms with Crippen molar-refractivity contribution in [1.82, 2.24) is 4.98 Å². The summed E-state index contributed by atoms with van der Waals surface area (Å²) in [6, 6.07) is 6.09. The molecule has 2 rings (SSSR count). The normalized spacial score (nSPS) is 12.3. The van der Waals surface area contributed by atoms with Gasteiger partial charge in [0, 0.05) is 4.47 Å². The largest absolute Gasteiger partial charge is 0.239 e. The molecule has 1 aromatic carbocycles. The molecular formula is C10H9BrClNS. The lowest BCUT2D eigenvalue weighted by Gasteiger charge is -2.09. The SMILES string of the molecule is CC(C)(Cl)c1nc2cc(Br)ccc2s1. The van der Waals surface area contributed by atoms with E-state index in [1.54, 1.807) is 11.3 Å². The van der Waals surface area contributed by atoms with E-state index in [2.05, 4.69) is 27.0 Å². The number of halogens is 2. The fraction of sp³-hybridized carbons (Fsp3) is 0.300. The Bertz CT molecular complexity index is 472. The van der Waals surface area contributed by atoms with Crippen LogP contribution in [-0.4, -0.2) is 4.98 Å². The maximum Gasteiger partial charge on any atom is 0.114 e. The molecule has 0 aliphatic rings. The van der Waals surface area contributed by atoms with E-state index in [1.807, 2.05) is 26.0 Å². The van der Waals surface area contributed by atoms with Crippen LogP contribution in [0.2, 0.25) is 0 Å². The number of nitrogens with zero attached hydrogens (tertiary/aromatic N) is 1. The Labute approximate surface area is 100 Å². The summed E-state index contributed by atoms with van der Waals surface area (Å²) in [5.41, 5.74) is 1.01. The van der Waals surface area contributed by atoms with Crippen LogP contribution in [0.15, 0.2) is 22.7 Å². The fourth-order valence-electron chi connectivity index (χ4n) is 1.15. The number of rotatable bonds is 1. The highest BCUT2D eigenvalue weighted by atomic mass is 79.9. The predicted octanol–water partition coefficient (Wildman–Crippen LogP) is 4.53. The third-order valence-electron chi connectivity index (χ3n) is 1.86. The summed E-state index contributed by atoms with van der Waals surface area (Å²) in [4.78, 5) is 4.12. The quantitative estimate of drug-likeness (QED) is 0.703. The molecular weight excluding hydrogens is 282 g/mol. The topological polar surface area (TPSA) is 12.9 Å². The molecule has 4 heteroatoms. The minimum absolute atomic E-state index is 0.379. The molecule has 1 nitrogen and oxygen atoms in total. The van der Waals surface area contributed by atoms with Crippen LogP contribution in [0.4, 0.5) is 0 Å². The minimum Gasteiger partial charge on any atom is -0.239 e. The number of alkyl halides is 1. The van der Waals surface area contributed by atoms with Crippen LogP contribution in [0, 0.1) is 0 Å². The van der Waals surface area contributed by atoms with Gasteiger partial charge in [0.25, 0.3) is 0 Å². The lowest BCUT2D eigenvalue weighted by molar-refractivity contribution is 0.759. The highest BCUT2D eigenvalue weighted by Gasteiger charge is 2.21. The molecule has 0 bridgehead atoms. The molecule has 1 aromatic heterocycles. The van der Waals surface area contributed by atoms with Crippen molar-refractivity contribution in [1.29, 1.82) is 0 Å². The molecule has 0 unspecified atom stereocenters. The first-order chi connectivity index (χ1) is 6.47. The van der Waals surface area contributed by atoms with Gasteiger partial charge in [-0.15, -0.1) is 22.9 Å². The third kappa shape index (κ3) is 1.95. The molecule has 0 spiro atoms. The van der Waals surface area contributed by atoms with Crippen LogP contribution in [-0.2, 0) is 4.87 Å². The van der Waals surface area contributed by atoms with E-state index < -0.39 is 0 Å². The Balaban J connectivity index is 2.63. The van der Waals surface area contributed by atoms with E-state index in [9.17, 15) is 0 Å². The number of hydrogen-bond donors (Lipinski definition) is 0. The number of aromatic nitrogens is 1. The van der Waals surface area contributed by atoms with Gasteiger partial charge in [-0.2, -0.15) is 0 Å². The van der Waals surface area contributed by atoms with Crippen molar-refractivity contribution in [2.75, 3.05) is 0 Å². The summed E-state index contributed by atoms with van der Waals surface area (Å²) in [5, 5.41) is 0.965. The first-order valence-electron chi connectivity index (χ1n) is 4.22. The second-order valence-corrected chi connectivity index (χ2v) is 6.49. The lowest BCUT2D eigenvalue weighted by Crippen LogP contribution is -2.05. The molecule has 0 aliphatic carbocycles. The standard InChI is InChI=1S/C10H9BrClNS/c1-10(2,12)9-13-7-5-6(11)3-4-8(7)14-9/h3-5H,1-2H3. The average Bonchev–Trinajstić information content (AvgIpc) is 2.45. The monoisotopic (exact) mass is 289 g/mol. The van der Waals surface area contributed by atoms with Gasteiger partial charge in [-0.1, -0.05) is 15.9 Å². The minimum atomic E-state index is -0.379. The summed E-state index contributed by atoms with van der Waals surface area (Å²) < 4.78 is 2.23. The van der Waals surface area contributed by atoms with Crippen LogP contribution in [0.5, 0.6) is 0 Å². The second-order valence-electron chi connectivity index (χ2n) is 3.60. The first kappa shape index (κ1) is 10.4.